The molecule has 2 aliphatic heterocycles. The smallest absolute Gasteiger partial charge is 0.333 e. The summed E-state index contributed by atoms with van der Waals surface area (Å²) < 4.78 is 2.72. The summed E-state index contributed by atoms with van der Waals surface area (Å²) in [5.41, 5.74) is 20.9. The van der Waals surface area contributed by atoms with Gasteiger partial charge in [0, 0.05) is 66.8 Å². The standard InChI is InChI=1S/C62H46BN3/c1-2-3-19-42-32-36-57(54(38-42)44-22-10-5-11-23-44)65-58-37-34-49(64(47-25-12-6-13-26-47)48-27-14-7-15-28-48)41-56(58)63-60-55(39-46(40-59(60)65)43-20-8-4-9-21-43)52-31-18-30-51-53-35-33-45-24-16-17-29-50(45)61(53)66(63)62(51)52/h4-18,20-41H,2-3,19H2,1H3. The molecule has 0 fully saturated rings. The summed E-state index contributed by atoms with van der Waals surface area (Å²) in [6, 6.07) is 83.6. The van der Waals surface area contributed by atoms with Gasteiger partial charge in [0.15, 0.2) is 0 Å². The molecule has 0 aliphatic carbocycles. The first-order chi connectivity index (χ1) is 32.7. The van der Waals surface area contributed by atoms with Crippen LogP contribution in [0.3, 0.4) is 0 Å². The second-order valence-corrected chi connectivity index (χ2v) is 17.9. The van der Waals surface area contributed by atoms with Gasteiger partial charge in [-0.2, -0.15) is 0 Å². The van der Waals surface area contributed by atoms with Gasteiger partial charge in [-0.1, -0.05) is 171 Å². The molecule has 4 heteroatoms. The van der Waals surface area contributed by atoms with Gasteiger partial charge in [0.2, 0.25) is 0 Å². The summed E-state index contributed by atoms with van der Waals surface area (Å²) in [7, 11) is 0. The van der Waals surface area contributed by atoms with Gasteiger partial charge < -0.3 is 14.3 Å². The monoisotopic (exact) mass is 843 g/mol. The molecular weight excluding hydrogens is 798 g/mol. The van der Waals surface area contributed by atoms with Crippen molar-refractivity contribution in [3.63, 3.8) is 0 Å². The Labute approximate surface area is 386 Å². The van der Waals surface area contributed by atoms with Crippen LogP contribution in [0.25, 0.3) is 66.0 Å². The fourth-order valence-electron chi connectivity index (χ4n) is 11.2. The van der Waals surface area contributed by atoms with Crippen molar-refractivity contribution in [2.45, 2.75) is 26.2 Å². The summed E-state index contributed by atoms with van der Waals surface area (Å²) in [5, 5.41) is 5.09. The predicted octanol–water partition coefficient (Wildman–Crippen LogP) is 15.5. The molecular formula is C62H46BN3. The third-order valence-corrected chi connectivity index (χ3v) is 14.1. The van der Waals surface area contributed by atoms with Crippen LogP contribution in [-0.2, 0) is 6.42 Å². The molecule has 2 aliphatic rings. The van der Waals surface area contributed by atoms with E-state index in [-0.39, 0.29) is 6.85 Å². The van der Waals surface area contributed by atoms with E-state index in [1.807, 2.05) is 0 Å². The van der Waals surface area contributed by atoms with Crippen molar-refractivity contribution in [2.24, 2.45) is 0 Å². The van der Waals surface area contributed by atoms with Crippen LogP contribution < -0.4 is 20.7 Å². The highest BCUT2D eigenvalue weighted by Crippen LogP contribution is 2.50. The zero-order valence-electron chi connectivity index (χ0n) is 36.9. The van der Waals surface area contributed by atoms with Crippen LogP contribution in [0.4, 0.5) is 34.1 Å². The molecule has 10 aromatic carbocycles. The minimum atomic E-state index is -0.135. The highest BCUT2D eigenvalue weighted by Gasteiger charge is 2.44. The summed E-state index contributed by atoms with van der Waals surface area (Å²) in [5.74, 6) is 0. The zero-order chi connectivity index (χ0) is 43.7. The number of anilines is 6. The molecule has 0 N–H and O–H groups in total. The average molecular weight is 844 g/mol. The van der Waals surface area contributed by atoms with Gasteiger partial charge in [-0.15, -0.1) is 0 Å². The van der Waals surface area contributed by atoms with E-state index in [1.54, 1.807) is 0 Å². The fraction of sp³-hybridized carbons (Fsp3) is 0.0645. The van der Waals surface area contributed by atoms with Gasteiger partial charge in [0.05, 0.1) is 5.69 Å². The van der Waals surface area contributed by atoms with Crippen LogP contribution in [0.5, 0.6) is 0 Å². The third kappa shape index (κ3) is 5.98. The Morgan fingerprint density at radius 3 is 1.82 bits per heavy atom. The molecule has 0 unspecified atom stereocenters. The second-order valence-electron chi connectivity index (χ2n) is 17.9. The number of aromatic nitrogens is 1. The maximum atomic E-state index is 2.72. The number of hydrogen-bond acceptors (Lipinski definition) is 2. The Balaban J connectivity index is 1.18. The first kappa shape index (κ1) is 38.4. The predicted molar refractivity (Wildman–Crippen MR) is 282 cm³/mol. The summed E-state index contributed by atoms with van der Waals surface area (Å²) in [6.07, 6.45) is 3.36. The Morgan fingerprint density at radius 1 is 0.424 bits per heavy atom. The van der Waals surface area contributed by atoms with Gasteiger partial charge in [-0.3, -0.25) is 0 Å². The van der Waals surface area contributed by atoms with Crippen molar-refractivity contribution in [1.29, 1.82) is 0 Å². The van der Waals surface area contributed by atoms with Crippen molar-refractivity contribution in [2.75, 3.05) is 9.80 Å². The van der Waals surface area contributed by atoms with E-state index in [4.69, 9.17) is 0 Å². The lowest BCUT2D eigenvalue weighted by atomic mass is 9.45. The Bertz CT molecular complexity index is 3600. The number of nitrogens with zero attached hydrogens (tertiary/aromatic N) is 3. The van der Waals surface area contributed by atoms with Crippen LogP contribution in [0, 0.1) is 0 Å². The van der Waals surface area contributed by atoms with Crippen LogP contribution in [0.1, 0.15) is 25.3 Å². The van der Waals surface area contributed by atoms with E-state index in [2.05, 4.69) is 246 Å². The minimum Gasteiger partial charge on any atom is -0.375 e. The highest BCUT2D eigenvalue weighted by atomic mass is 15.2. The molecule has 3 heterocycles. The molecule has 0 saturated heterocycles. The number of rotatable bonds is 9. The number of fused-ring (bicyclic) bond motifs is 9. The van der Waals surface area contributed by atoms with Crippen LogP contribution in [-0.4, -0.2) is 11.3 Å². The maximum Gasteiger partial charge on any atom is 0.333 e. The van der Waals surface area contributed by atoms with Crippen molar-refractivity contribution in [1.82, 2.24) is 4.48 Å². The number of unbranched alkanes of at least 4 members (excludes halogenated alkanes) is 1. The molecule has 0 spiro atoms. The fourth-order valence-corrected chi connectivity index (χ4v) is 11.2. The van der Waals surface area contributed by atoms with Gasteiger partial charge in [0.1, 0.15) is 0 Å². The quantitative estimate of drug-likeness (QED) is 0.134. The van der Waals surface area contributed by atoms with E-state index < -0.39 is 0 Å². The topological polar surface area (TPSA) is 11.4 Å². The average Bonchev–Trinajstić information content (AvgIpc) is 3.73. The molecule has 13 rings (SSSR count). The van der Waals surface area contributed by atoms with E-state index in [9.17, 15) is 0 Å². The largest absolute Gasteiger partial charge is 0.375 e. The van der Waals surface area contributed by atoms with E-state index in [1.165, 1.54) is 99.5 Å². The zero-order valence-corrected chi connectivity index (χ0v) is 36.9. The molecule has 0 atom stereocenters. The Kier molecular flexibility index (Phi) is 9.06. The summed E-state index contributed by atoms with van der Waals surface area (Å²) >= 11 is 0. The Morgan fingerprint density at radius 2 is 1.08 bits per heavy atom. The van der Waals surface area contributed by atoms with Gasteiger partial charge in [-0.25, -0.2) is 0 Å². The lowest BCUT2D eigenvalue weighted by Gasteiger charge is -2.42. The summed E-state index contributed by atoms with van der Waals surface area (Å²) in [4.78, 5) is 5.02. The highest BCUT2D eigenvalue weighted by molar-refractivity contribution is 6.90. The van der Waals surface area contributed by atoms with Crippen molar-refractivity contribution in [3.8, 4) is 33.4 Å². The number of hydrogen-bond donors (Lipinski definition) is 0. The number of aryl methyl sites for hydroxylation is 1. The van der Waals surface area contributed by atoms with Crippen molar-refractivity contribution < 1.29 is 0 Å². The lowest BCUT2D eigenvalue weighted by molar-refractivity contribution is 0.795. The lowest BCUT2D eigenvalue weighted by Crippen LogP contribution is -2.56. The van der Waals surface area contributed by atoms with Gasteiger partial charge in [-0.05, 0) is 124 Å². The normalized spacial score (nSPS) is 12.4. The number of benzene rings is 10. The SMILES string of the molecule is CCCCc1ccc(N2c3ccc(N(c4ccccc4)c4ccccc4)cc3B3c4c(cc(-c5ccccc5)cc42)-c2cccc4c5ccc6ccccc6c5n3c24)c(-c2ccccc2)c1. The molecule has 312 valence electrons. The maximum absolute atomic E-state index is 2.72. The molecule has 0 amide bonds. The van der Waals surface area contributed by atoms with E-state index in [0.29, 0.717) is 0 Å². The van der Waals surface area contributed by atoms with Crippen LogP contribution in [0.15, 0.2) is 224 Å². The third-order valence-electron chi connectivity index (χ3n) is 14.1. The molecule has 11 aromatic rings. The van der Waals surface area contributed by atoms with Crippen LogP contribution >= 0.6 is 0 Å². The molecule has 66 heavy (non-hydrogen) atoms. The second kappa shape index (κ2) is 15.6. The molecule has 0 saturated carbocycles. The van der Waals surface area contributed by atoms with Gasteiger partial charge >= 0.3 is 6.85 Å². The van der Waals surface area contributed by atoms with Crippen LogP contribution in [0.2, 0.25) is 0 Å². The molecule has 0 radical (unpaired) electrons. The van der Waals surface area contributed by atoms with Gasteiger partial charge in [0.25, 0.3) is 0 Å². The molecule has 0 bridgehead atoms. The molecule has 3 nitrogen and oxygen atoms in total. The first-order valence-corrected chi connectivity index (χ1v) is 23.4. The number of para-hydroxylation sites is 3. The van der Waals surface area contributed by atoms with E-state index >= 15 is 0 Å². The first-order valence-electron chi connectivity index (χ1n) is 23.4. The van der Waals surface area contributed by atoms with E-state index in [0.717, 1.165) is 36.3 Å². The van der Waals surface area contributed by atoms with Crippen molar-refractivity contribution in [3.05, 3.63) is 230 Å². The minimum absolute atomic E-state index is 0.135. The molecule has 1 aromatic heterocycles. The summed E-state index contributed by atoms with van der Waals surface area (Å²) in [6.45, 7) is 2.15. The Hall–Kier alpha value is -8.08. The van der Waals surface area contributed by atoms with Crippen molar-refractivity contribution >= 4 is 84.5 Å².